The van der Waals surface area contributed by atoms with Crippen LogP contribution < -0.4 is 0 Å². The van der Waals surface area contributed by atoms with Crippen LogP contribution in [0.1, 0.15) is 37.8 Å². The summed E-state index contributed by atoms with van der Waals surface area (Å²) in [5.41, 5.74) is 1.69. The lowest BCUT2D eigenvalue weighted by atomic mass is 10.2. The van der Waals surface area contributed by atoms with Gasteiger partial charge in [-0.3, -0.25) is 4.57 Å². The Balaban J connectivity index is 2.52. The molecule has 0 radical (unpaired) electrons. The maximum Gasteiger partial charge on any atom is 0.196 e. The molecule has 0 saturated carbocycles. The summed E-state index contributed by atoms with van der Waals surface area (Å²) in [4.78, 5) is 0. The summed E-state index contributed by atoms with van der Waals surface area (Å²) in [6, 6.07) is 19.2. The van der Waals surface area contributed by atoms with E-state index in [9.17, 15) is 4.57 Å². The van der Waals surface area contributed by atoms with Crippen molar-refractivity contribution < 1.29 is 4.57 Å². The monoisotopic (exact) mass is 421 g/mol. The Morgan fingerprint density at radius 3 is 1.52 bits per heavy atom. The predicted molar refractivity (Wildman–Crippen MR) is 120 cm³/mol. The molecule has 144 valence electrons. The molecule has 0 fully saturated rings. The molecule has 2 rings (SSSR count). The van der Waals surface area contributed by atoms with Gasteiger partial charge in [-0.2, -0.15) is 0 Å². The zero-order chi connectivity index (χ0) is 19.7. The van der Waals surface area contributed by atoms with Crippen LogP contribution in [0, 0.1) is 0 Å². The first kappa shape index (κ1) is 22.0. The third-order valence-electron chi connectivity index (χ3n) is 4.10. The maximum atomic E-state index is 14.1. The van der Waals surface area contributed by atoms with E-state index >= 15 is 0 Å². The highest BCUT2D eigenvalue weighted by Gasteiger charge is 2.26. The van der Waals surface area contributed by atoms with Gasteiger partial charge in [0.05, 0.1) is 10.1 Å². The molecule has 2 aromatic rings. The molecule has 2 nitrogen and oxygen atoms in total. The van der Waals surface area contributed by atoms with E-state index in [1.54, 1.807) is 11.6 Å². The zero-order valence-corrected chi connectivity index (χ0v) is 18.2. The van der Waals surface area contributed by atoms with Crippen molar-refractivity contribution in [3.05, 3.63) is 83.4 Å². The van der Waals surface area contributed by atoms with Crippen molar-refractivity contribution in [2.75, 3.05) is 13.1 Å². The molecular formula is C22H26Cl2NOP. The Bertz CT molecular complexity index is 753. The van der Waals surface area contributed by atoms with Crippen LogP contribution in [0.5, 0.6) is 0 Å². The molecule has 1 atom stereocenters. The topological polar surface area (TPSA) is 20.3 Å². The minimum atomic E-state index is -3.06. The van der Waals surface area contributed by atoms with Crippen LogP contribution >= 0.6 is 30.5 Å². The summed E-state index contributed by atoms with van der Waals surface area (Å²) < 4.78 is 16.1. The summed E-state index contributed by atoms with van der Waals surface area (Å²) in [6.45, 7) is 5.60. The Morgan fingerprint density at radius 2 is 1.19 bits per heavy atom. The van der Waals surface area contributed by atoms with Crippen molar-refractivity contribution >= 4 is 40.6 Å². The number of hydrogen-bond donors (Lipinski definition) is 0. The van der Waals surface area contributed by atoms with E-state index in [0.717, 1.165) is 37.1 Å². The highest BCUT2D eigenvalue weighted by atomic mass is 35.5. The molecule has 0 spiro atoms. The van der Waals surface area contributed by atoms with Gasteiger partial charge in [-0.1, -0.05) is 97.7 Å². The quantitative estimate of drug-likeness (QED) is 0.384. The Labute approximate surface area is 172 Å². The number of hydrogen-bond acceptors (Lipinski definition) is 1. The van der Waals surface area contributed by atoms with Gasteiger partial charge in [0.1, 0.15) is 0 Å². The summed E-state index contributed by atoms with van der Waals surface area (Å²) in [7, 11) is -3.06. The first-order valence-corrected chi connectivity index (χ1v) is 11.8. The summed E-state index contributed by atoms with van der Waals surface area (Å²) >= 11 is 13.1. The van der Waals surface area contributed by atoms with E-state index in [0.29, 0.717) is 10.1 Å². The lowest BCUT2D eigenvalue weighted by Gasteiger charge is -2.27. The van der Waals surface area contributed by atoms with E-state index in [-0.39, 0.29) is 0 Å². The Kier molecular flexibility index (Phi) is 8.86. The largest absolute Gasteiger partial charge is 0.297 e. The van der Waals surface area contributed by atoms with Gasteiger partial charge in [0.25, 0.3) is 0 Å². The second-order valence-electron chi connectivity index (χ2n) is 6.31. The lowest BCUT2D eigenvalue weighted by Crippen LogP contribution is -2.21. The molecular weight excluding hydrogens is 396 g/mol. The highest BCUT2D eigenvalue weighted by Crippen LogP contribution is 2.57. The van der Waals surface area contributed by atoms with Crippen LogP contribution in [0.25, 0.3) is 10.1 Å². The second kappa shape index (κ2) is 10.9. The molecule has 1 unspecified atom stereocenters. The highest BCUT2D eigenvalue weighted by molar-refractivity contribution is 7.68. The van der Waals surface area contributed by atoms with E-state index in [4.69, 9.17) is 23.2 Å². The molecule has 0 aliphatic carbocycles. The molecule has 0 aromatic heterocycles. The van der Waals surface area contributed by atoms with Gasteiger partial charge in [0, 0.05) is 24.7 Å². The van der Waals surface area contributed by atoms with Gasteiger partial charge in [0.15, 0.2) is 7.29 Å². The molecule has 0 saturated heterocycles. The van der Waals surface area contributed by atoms with Gasteiger partial charge in [0.2, 0.25) is 0 Å². The molecule has 0 aliphatic heterocycles. The third kappa shape index (κ3) is 6.36. The van der Waals surface area contributed by atoms with Gasteiger partial charge in [-0.15, -0.1) is 0 Å². The van der Waals surface area contributed by atoms with Crippen LogP contribution in [0.15, 0.2) is 72.3 Å². The van der Waals surface area contributed by atoms with E-state index in [2.05, 4.69) is 13.8 Å². The van der Waals surface area contributed by atoms with Gasteiger partial charge in [-0.25, -0.2) is 4.67 Å². The first-order chi connectivity index (χ1) is 13.0. The SMILES string of the molecule is CCCN(CCC)P(=O)(/C=C(\Cl)c1ccccc1)/C=C(/Cl)c1ccccc1. The van der Waals surface area contributed by atoms with Gasteiger partial charge < -0.3 is 0 Å². The fourth-order valence-electron chi connectivity index (χ4n) is 2.81. The summed E-state index contributed by atoms with van der Waals surface area (Å²) in [5, 5.41) is 0.954. The van der Waals surface area contributed by atoms with Crippen molar-refractivity contribution in [3.8, 4) is 0 Å². The van der Waals surface area contributed by atoms with E-state index < -0.39 is 7.29 Å². The minimum absolute atomic E-state index is 0.477. The van der Waals surface area contributed by atoms with Crippen molar-refractivity contribution in [1.82, 2.24) is 4.67 Å². The molecule has 2 aromatic carbocycles. The number of rotatable bonds is 9. The van der Waals surface area contributed by atoms with Crippen LogP contribution in [0.2, 0.25) is 0 Å². The standard InChI is InChI=1S/C22H26Cl2NOP/c1-3-15-25(16-4-2)27(26,17-21(23)19-11-7-5-8-12-19)18-22(24)20-13-9-6-10-14-20/h5-14,17-18H,3-4,15-16H2,1-2H3/b21-17-,22-18+. The number of benzene rings is 2. The van der Waals surface area contributed by atoms with Crippen LogP contribution in [-0.2, 0) is 4.57 Å². The summed E-state index contributed by atoms with van der Waals surface area (Å²) in [5.74, 6) is 3.36. The molecule has 0 bridgehead atoms. The maximum absolute atomic E-state index is 14.1. The normalized spacial score (nSPS) is 15.0. The first-order valence-electron chi connectivity index (χ1n) is 9.22. The van der Waals surface area contributed by atoms with Crippen LogP contribution in [0.3, 0.4) is 0 Å². The Morgan fingerprint density at radius 1 is 0.815 bits per heavy atom. The molecule has 27 heavy (non-hydrogen) atoms. The molecule has 5 heteroatoms. The average Bonchev–Trinajstić information content (AvgIpc) is 2.69. The molecule has 0 aliphatic rings. The zero-order valence-electron chi connectivity index (χ0n) is 15.8. The van der Waals surface area contributed by atoms with Crippen molar-refractivity contribution in [3.63, 3.8) is 0 Å². The van der Waals surface area contributed by atoms with Gasteiger partial charge in [-0.05, 0) is 24.0 Å². The van der Waals surface area contributed by atoms with E-state index in [1.165, 1.54) is 0 Å². The van der Waals surface area contributed by atoms with Gasteiger partial charge >= 0.3 is 0 Å². The number of halogens is 2. The summed E-state index contributed by atoms with van der Waals surface area (Å²) in [6.07, 6.45) is 1.80. The van der Waals surface area contributed by atoms with Crippen molar-refractivity contribution in [1.29, 1.82) is 0 Å². The predicted octanol–water partition coefficient (Wildman–Crippen LogP) is 7.86. The molecule has 0 N–H and O–H groups in total. The third-order valence-corrected chi connectivity index (χ3v) is 7.60. The lowest BCUT2D eigenvalue weighted by molar-refractivity contribution is 0.419. The van der Waals surface area contributed by atoms with E-state index in [1.807, 2.05) is 65.3 Å². The Hall–Kier alpha value is -1.31. The smallest absolute Gasteiger partial charge is 0.196 e. The fourth-order valence-corrected chi connectivity index (χ4v) is 6.27. The second-order valence-corrected chi connectivity index (χ2v) is 9.55. The minimum Gasteiger partial charge on any atom is -0.297 e. The average molecular weight is 422 g/mol. The molecule has 0 heterocycles. The van der Waals surface area contributed by atoms with Crippen molar-refractivity contribution in [2.45, 2.75) is 26.7 Å². The molecule has 0 amide bonds. The number of nitrogens with zero attached hydrogens (tertiary/aromatic N) is 1. The fraction of sp³-hybridized carbons (Fsp3) is 0.273. The van der Waals surface area contributed by atoms with Crippen molar-refractivity contribution in [2.24, 2.45) is 0 Å². The van der Waals surface area contributed by atoms with Crippen LogP contribution in [0.4, 0.5) is 0 Å². The van der Waals surface area contributed by atoms with Crippen LogP contribution in [-0.4, -0.2) is 17.8 Å².